The molecule has 0 aliphatic carbocycles. The predicted molar refractivity (Wildman–Crippen MR) is 73.8 cm³/mol. The molecule has 1 aromatic heterocycles. The SMILES string of the molecule is N=C(N)c1cc(CN2CCCS(=O)(=O)CC2)ccn1. The van der Waals surface area contributed by atoms with Crippen LogP contribution in [0.1, 0.15) is 17.7 Å². The van der Waals surface area contributed by atoms with Crippen LogP contribution in [0.15, 0.2) is 18.3 Å². The fourth-order valence-electron chi connectivity index (χ4n) is 2.13. The maximum Gasteiger partial charge on any atom is 0.151 e. The number of rotatable bonds is 3. The molecule has 0 spiro atoms. The average Bonchev–Trinajstić information content (AvgIpc) is 2.51. The van der Waals surface area contributed by atoms with E-state index in [1.165, 1.54) is 0 Å². The number of amidine groups is 1. The second kappa shape index (κ2) is 5.66. The monoisotopic (exact) mass is 282 g/mol. The molecule has 0 unspecified atom stereocenters. The van der Waals surface area contributed by atoms with Gasteiger partial charge in [0.15, 0.2) is 9.84 Å². The first kappa shape index (κ1) is 14.0. The van der Waals surface area contributed by atoms with E-state index in [9.17, 15) is 8.42 Å². The summed E-state index contributed by atoms with van der Waals surface area (Å²) in [6.45, 7) is 2.00. The van der Waals surface area contributed by atoms with Crippen molar-refractivity contribution in [3.63, 3.8) is 0 Å². The van der Waals surface area contributed by atoms with Crippen LogP contribution in [0.4, 0.5) is 0 Å². The number of sulfone groups is 1. The van der Waals surface area contributed by atoms with Crippen LogP contribution in [0.25, 0.3) is 0 Å². The summed E-state index contributed by atoms with van der Waals surface area (Å²) < 4.78 is 23.1. The van der Waals surface area contributed by atoms with Crippen molar-refractivity contribution < 1.29 is 8.42 Å². The zero-order valence-corrected chi connectivity index (χ0v) is 11.5. The van der Waals surface area contributed by atoms with Gasteiger partial charge in [0.05, 0.1) is 11.5 Å². The molecule has 1 aliphatic heterocycles. The van der Waals surface area contributed by atoms with Crippen LogP contribution in [0.5, 0.6) is 0 Å². The Balaban J connectivity index is 2.05. The maximum absolute atomic E-state index is 11.5. The fourth-order valence-corrected chi connectivity index (χ4v) is 3.44. The van der Waals surface area contributed by atoms with E-state index in [1.807, 2.05) is 6.07 Å². The Labute approximate surface area is 113 Å². The lowest BCUT2D eigenvalue weighted by molar-refractivity contribution is 0.287. The van der Waals surface area contributed by atoms with Crippen LogP contribution in [-0.4, -0.2) is 48.7 Å². The number of nitrogens with one attached hydrogen (secondary N) is 1. The summed E-state index contributed by atoms with van der Waals surface area (Å²) in [5.41, 5.74) is 6.86. The van der Waals surface area contributed by atoms with Crippen LogP contribution < -0.4 is 5.73 Å². The molecule has 2 rings (SSSR count). The topological polar surface area (TPSA) is 100 Å². The smallest absolute Gasteiger partial charge is 0.151 e. The first-order valence-corrected chi connectivity index (χ1v) is 8.00. The van der Waals surface area contributed by atoms with Gasteiger partial charge in [-0.05, 0) is 30.7 Å². The molecule has 0 amide bonds. The second-order valence-corrected chi connectivity index (χ2v) is 7.05. The third-order valence-electron chi connectivity index (χ3n) is 3.15. The van der Waals surface area contributed by atoms with Crippen LogP contribution in [0.2, 0.25) is 0 Å². The molecule has 1 saturated heterocycles. The highest BCUT2D eigenvalue weighted by molar-refractivity contribution is 7.91. The molecule has 1 fully saturated rings. The summed E-state index contributed by atoms with van der Waals surface area (Å²) in [6, 6.07) is 3.65. The quantitative estimate of drug-likeness (QED) is 0.600. The van der Waals surface area contributed by atoms with Gasteiger partial charge in [0.25, 0.3) is 0 Å². The average molecular weight is 282 g/mol. The zero-order chi connectivity index (χ0) is 13.9. The maximum atomic E-state index is 11.5. The largest absolute Gasteiger partial charge is 0.382 e. The fraction of sp³-hybridized carbons (Fsp3) is 0.500. The minimum Gasteiger partial charge on any atom is -0.382 e. The lowest BCUT2D eigenvalue weighted by atomic mass is 10.2. The molecule has 1 aliphatic rings. The van der Waals surface area contributed by atoms with Gasteiger partial charge in [0, 0.05) is 19.3 Å². The van der Waals surface area contributed by atoms with Crippen LogP contribution in [0.3, 0.4) is 0 Å². The van der Waals surface area contributed by atoms with Crippen molar-refractivity contribution in [1.82, 2.24) is 9.88 Å². The van der Waals surface area contributed by atoms with Crippen LogP contribution >= 0.6 is 0 Å². The van der Waals surface area contributed by atoms with Gasteiger partial charge in [-0.2, -0.15) is 0 Å². The van der Waals surface area contributed by atoms with E-state index in [-0.39, 0.29) is 17.3 Å². The molecular weight excluding hydrogens is 264 g/mol. The van der Waals surface area contributed by atoms with Crippen molar-refractivity contribution in [2.75, 3.05) is 24.6 Å². The standard InChI is InChI=1S/C12H18N4O2S/c13-12(14)11-8-10(2-3-15-11)9-16-4-1-6-19(17,18)7-5-16/h2-3,8H,1,4-7,9H2,(H3,13,14). The van der Waals surface area contributed by atoms with Gasteiger partial charge in [0.1, 0.15) is 11.5 Å². The summed E-state index contributed by atoms with van der Waals surface area (Å²) in [7, 11) is -2.87. The van der Waals surface area contributed by atoms with E-state index < -0.39 is 9.84 Å². The minimum absolute atomic E-state index is 0.0553. The Morgan fingerprint density at radius 2 is 2.21 bits per heavy atom. The van der Waals surface area contributed by atoms with E-state index in [0.29, 0.717) is 25.2 Å². The van der Waals surface area contributed by atoms with Gasteiger partial charge in [-0.1, -0.05) is 0 Å². The van der Waals surface area contributed by atoms with E-state index in [1.54, 1.807) is 12.3 Å². The Bertz CT molecular complexity index is 571. The molecule has 104 valence electrons. The van der Waals surface area contributed by atoms with Crippen molar-refractivity contribution in [2.24, 2.45) is 5.73 Å². The second-order valence-electron chi connectivity index (χ2n) is 4.74. The first-order chi connectivity index (χ1) is 8.96. The van der Waals surface area contributed by atoms with Gasteiger partial charge in [-0.25, -0.2) is 8.42 Å². The third-order valence-corrected chi connectivity index (χ3v) is 4.87. The van der Waals surface area contributed by atoms with Crippen LogP contribution in [0, 0.1) is 5.41 Å². The molecule has 3 N–H and O–H groups in total. The van der Waals surface area contributed by atoms with E-state index in [2.05, 4.69) is 9.88 Å². The predicted octanol–water partition coefficient (Wildman–Crippen LogP) is -0.0138. The zero-order valence-electron chi connectivity index (χ0n) is 10.7. The summed E-state index contributed by atoms with van der Waals surface area (Å²) in [5, 5.41) is 7.36. The molecule has 19 heavy (non-hydrogen) atoms. The molecule has 0 atom stereocenters. The van der Waals surface area contributed by atoms with Crippen molar-refractivity contribution in [3.05, 3.63) is 29.6 Å². The number of hydrogen-bond donors (Lipinski definition) is 2. The highest BCUT2D eigenvalue weighted by atomic mass is 32.2. The molecule has 6 nitrogen and oxygen atoms in total. The van der Waals surface area contributed by atoms with Gasteiger partial charge >= 0.3 is 0 Å². The highest BCUT2D eigenvalue weighted by Crippen LogP contribution is 2.10. The van der Waals surface area contributed by atoms with Crippen molar-refractivity contribution in [1.29, 1.82) is 5.41 Å². The lowest BCUT2D eigenvalue weighted by Gasteiger charge is -2.19. The van der Waals surface area contributed by atoms with Crippen molar-refractivity contribution in [3.8, 4) is 0 Å². The molecule has 1 aromatic rings. The number of pyridine rings is 1. The summed E-state index contributed by atoms with van der Waals surface area (Å²) in [5.74, 6) is 0.441. The number of aromatic nitrogens is 1. The van der Waals surface area contributed by atoms with Crippen molar-refractivity contribution >= 4 is 15.7 Å². The molecule has 0 aromatic carbocycles. The van der Waals surface area contributed by atoms with Gasteiger partial charge < -0.3 is 5.73 Å². The van der Waals surface area contributed by atoms with E-state index >= 15 is 0 Å². The highest BCUT2D eigenvalue weighted by Gasteiger charge is 2.19. The van der Waals surface area contributed by atoms with Gasteiger partial charge in [0.2, 0.25) is 0 Å². The Hall–Kier alpha value is -1.47. The van der Waals surface area contributed by atoms with E-state index in [4.69, 9.17) is 11.1 Å². The van der Waals surface area contributed by atoms with Crippen molar-refractivity contribution in [2.45, 2.75) is 13.0 Å². The summed E-state index contributed by atoms with van der Waals surface area (Å²) >= 11 is 0. The first-order valence-electron chi connectivity index (χ1n) is 6.18. The summed E-state index contributed by atoms with van der Waals surface area (Å²) in [4.78, 5) is 6.12. The number of nitrogen functional groups attached to an aromatic ring is 1. The Morgan fingerprint density at radius 1 is 1.42 bits per heavy atom. The number of nitrogens with two attached hydrogens (primary N) is 1. The van der Waals surface area contributed by atoms with Gasteiger partial charge in [-0.3, -0.25) is 15.3 Å². The third kappa shape index (κ3) is 4.00. The Kier molecular flexibility index (Phi) is 4.16. The van der Waals surface area contributed by atoms with E-state index in [0.717, 1.165) is 12.1 Å². The number of hydrogen-bond acceptors (Lipinski definition) is 5. The molecule has 0 bridgehead atoms. The molecule has 0 saturated carbocycles. The molecular formula is C12H18N4O2S. The normalized spacial score (nSPS) is 19.8. The summed E-state index contributed by atoms with van der Waals surface area (Å²) in [6.07, 6.45) is 2.30. The Morgan fingerprint density at radius 3 is 2.95 bits per heavy atom. The molecule has 0 radical (unpaired) electrons. The lowest BCUT2D eigenvalue weighted by Crippen LogP contribution is -2.27. The van der Waals surface area contributed by atoms with Crippen LogP contribution in [-0.2, 0) is 16.4 Å². The molecule has 7 heteroatoms. The van der Waals surface area contributed by atoms with Gasteiger partial charge in [-0.15, -0.1) is 0 Å². The molecule has 2 heterocycles. The minimum atomic E-state index is -2.87. The number of nitrogens with zero attached hydrogens (tertiary/aromatic N) is 2.